The second kappa shape index (κ2) is 4.25. The highest BCUT2D eigenvalue weighted by Gasteiger charge is 2.22. The Morgan fingerprint density at radius 3 is 3.06 bits per heavy atom. The van der Waals surface area contributed by atoms with Crippen LogP contribution in [0.5, 0.6) is 6.01 Å². The molecule has 0 spiro atoms. The summed E-state index contributed by atoms with van der Waals surface area (Å²) in [7, 11) is 0. The molecule has 2 heterocycles. The zero-order chi connectivity index (χ0) is 11.7. The molecule has 1 aromatic heterocycles. The number of hydrogen-bond acceptors (Lipinski definition) is 4. The highest BCUT2D eigenvalue weighted by molar-refractivity contribution is 5.09. The van der Waals surface area contributed by atoms with Crippen LogP contribution in [-0.2, 0) is 4.74 Å². The van der Waals surface area contributed by atoms with Gasteiger partial charge in [-0.25, -0.2) is 0 Å². The molecular formula is C11H16N2O3. The molecule has 2 atom stereocenters. The summed E-state index contributed by atoms with van der Waals surface area (Å²) < 4.78 is 13.0. The first kappa shape index (κ1) is 11.1. The Morgan fingerprint density at radius 1 is 1.62 bits per heavy atom. The number of aromatic nitrogens is 2. The third kappa shape index (κ3) is 1.95. The Hall–Kier alpha value is -1.36. The highest BCUT2D eigenvalue weighted by Crippen LogP contribution is 2.22. The maximum absolute atomic E-state index is 11.4. The molecule has 5 heteroatoms. The first-order valence-electron chi connectivity index (χ1n) is 5.50. The molecule has 0 aliphatic carbocycles. The van der Waals surface area contributed by atoms with E-state index in [9.17, 15) is 4.79 Å². The lowest BCUT2D eigenvalue weighted by Crippen LogP contribution is -2.19. The zero-order valence-electron chi connectivity index (χ0n) is 9.77. The van der Waals surface area contributed by atoms with Crippen LogP contribution >= 0.6 is 0 Å². The van der Waals surface area contributed by atoms with Crippen molar-refractivity contribution < 1.29 is 9.47 Å². The van der Waals surface area contributed by atoms with Gasteiger partial charge in [0.2, 0.25) is 0 Å². The molecule has 1 aromatic rings. The number of fused-ring (bicyclic) bond motifs is 1. The van der Waals surface area contributed by atoms with Gasteiger partial charge in [0.05, 0.1) is 6.10 Å². The lowest BCUT2D eigenvalue weighted by atomic mass is 10.3. The summed E-state index contributed by atoms with van der Waals surface area (Å²) in [6, 6.07) is 0.346. The Kier molecular flexibility index (Phi) is 2.96. The van der Waals surface area contributed by atoms with E-state index in [0.717, 1.165) is 6.42 Å². The van der Waals surface area contributed by atoms with E-state index in [1.165, 1.54) is 0 Å². The van der Waals surface area contributed by atoms with E-state index in [2.05, 4.69) is 4.98 Å². The molecule has 0 N–H and O–H groups in total. The first-order valence-corrected chi connectivity index (χ1v) is 5.50. The van der Waals surface area contributed by atoms with Gasteiger partial charge in [0.25, 0.3) is 5.56 Å². The fourth-order valence-electron chi connectivity index (χ4n) is 1.68. The maximum Gasteiger partial charge on any atom is 0.301 e. The average molecular weight is 224 g/mol. The maximum atomic E-state index is 11.4. The molecule has 0 saturated heterocycles. The Balaban J connectivity index is 2.41. The number of hydrogen-bond donors (Lipinski definition) is 0. The molecular weight excluding hydrogens is 208 g/mol. The van der Waals surface area contributed by atoms with Crippen molar-refractivity contribution in [1.82, 2.24) is 9.55 Å². The molecule has 0 aromatic carbocycles. The summed E-state index contributed by atoms with van der Waals surface area (Å²) >= 11 is 0. The van der Waals surface area contributed by atoms with E-state index < -0.39 is 0 Å². The normalized spacial score (nSPS) is 24.4. The van der Waals surface area contributed by atoms with Crippen molar-refractivity contribution >= 4 is 0 Å². The molecule has 2 unspecified atom stereocenters. The molecule has 16 heavy (non-hydrogen) atoms. The molecule has 2 rings (SSSR count). The van der Waals surface area contributed by atoms with E-state index in [4.69, 9.17) is 9.47 Å². The average Bonchev–Trinajstić information content (AvgIpc) is 2.41. The fraction of sp³-hybridized carbons (Fsp3) is 0.636. The second-order valence-electron chi connectivity index (χ2n) is 4.00. The molecule has 1 aliphatic rings. The number of nitrogens with zero attached hydrogens (tertiary/aromatic N) is 2. The highest BCUT2D eigenvalue weighted by atomic mass is 16.6. The van der Waals surface area contributed by atoms with Gasteiger partial charge in [-0.3, -0.25) is 9.36 Å². The number of aryl methyl sites for hydroxylation is 1. The van der Waals surface area contributed by atoms with Gasteiger partial charge in [-0.15, -0.1) is 0 Å². The van der Waals surface area contributed by atoms with Gasteiger partial charge in [-0.1, -0.05) is 6.92 Å². The van der Waals surface area contributed by atoms with Crippen LogP contribution in [0.1, 0.15) is 32.1 Å². The van der Waals surface area contributed by atoms with Crippen LogP contribution in [0.2, 0.25) is 0 Å². The minimum Gasteiger partial charge on any atom is -0.462 e. The topological polar surface area (TPSA) is 53.3 Å². The minimum absolute atomic E-state index is 0.0482. The number of rotatable bonds is 1. The summed E-state index contributed by atoms with van der Waals surface area (Å²) in [4.78, 5) is 15.3. The first-order chi connectivity index (χ1) is 7.61. The molecule has 0 bridgehead atoms. The summed E-state index contributed by atoms with van der Waals surface area (Å²) in [5.74, 6) is 0. The molecule has 0 saturated carbocycles. The van der Waals surface area contributed by atoms with E-state index in [1.54, 1.807) is 17.7 Å². The van der Waals surface area contributed by atoms with Crippen molar-refractivity contribution in [3.05, 3.63) is 22.1 Å². The summed E-state index contributed by atoms with van der Waals surface area (Å²) in [6.45, 7) is 6.14. The Morgan fingerprint density at radius 2 is 2.38 bits per heavy atom. The van der Waals surface area contributed by atoms with Crippen LogP contribution in [0.3, 0.4) is 0 Å². The van der Waals surface area contributed by atoms with Gasteiger partial charge in [0.15, 0.2) is 0 Å². The van der Waals surface area contributed by atoms with Crippen LogP contribution in [0.15, 0.2) is 11.0 Å². The summed E-state index contributed by atoms with van der Waals surface area (Å²) in [5.41, 5.74) is 0.353. The molecule has 88 valence electrons. The van der Waals surface area contributed by atoms with Crippen molar-refractivity contribution in [1.29, 1.82) is 0 Å². The van der Waals surface area contributed by atoms with Gasteiger partial charge in [-0.2, -0.15) is 4.98 Å². The van der Waals surface area contributed by atoms with Gasteiger partial charge in [-0.05, 0) is 20.3 Å². The standard InChI is InChI=1S/C11H16N2O3/c1-4-9-6-15-11-12-10(14)7(2)5-13(11)8(3)16-9/h5,8-9H,4,6H2,1-3H3. The summed E-state index contributed by atoms with van der Waals surface area (Å²) in [5, 5.41) is 0. The molecule has 1 aliphatic heterocycles. The molecule has 5 nitrogen and oxygen atoms in total. The van der Waals surface area contributed by atoms with Gasteiger partial charge in [0.1, 0.15) is 12.8 Å². The summed E-state index contributed by atoms with van der Waals surface area (Å²) in [6.07, 6.45) is 2.50. The van der Waals surface area contributed by atoms with Crippen molar-refractivity contribution in [3.63, 3.8) is 0 Å². The molecule has 0 amide bonds. The van der Waals surface area contributed by atoms with Gasteiger partial charge < -0.3 is 9.47 Å². The lowest BCUT2D eigenvalue weighted by molar-refractivity contribution is -0.0424. The largest absolute Gasteiger partial charge is 0.462 e. The van der Waals surface area contributed by atoms with Crippen LogP contribution in [0.4, 0.5) is 0 Å². The molecule has 0 radical (unpaired) electrons. The van der Waals surface area contributed by atoms with Gasteiger partial charge in [0, 0.05) is 11.8 Å². The second-order valence-corrected chi connectivity index (χ2v) is 4.00. The van der Waals surface area contributed by atoms with E-state index in [-0.39, 0.29) is 17.9 Å². The van der Waals surface area contributed by atoms with Crippen LogP contribution < -0.4 is 10.3 Å². The predicted molar refractivity (Wildman–Crippen MR) is 58.6 cm³/mol. The lowest BCUT2D eigenvalue weighted by Gasteiger charge is -2.17. The SMILES string of the molecule is CCC1COc2nc(=O)c(C)cn2C(C)O1. The third-order valence-electron chi connectivity index (χ3n) is 2.72. The van der Waals surface area contributed by atoms with Crippen molar-refractivity contribution in [2.75, 3.05) is 6.61 Å². The van der Waals surface area contributed by atoms with Crippen LogP contribution in [0, 0.1) is 6.92 Å². The Labute approximate surface area is 94.0 Å². The minimum atomic E-state index is -0.242. The fourth-order valence-corrected chi connectivity index (χ4v) is 1.68. The number of ether oxygens (including phenoxy) is 2. The van der Waals surface area contributed by atoms with Gasteiger partial charge >= 0.3 is 6.01 Å². The predicted octanol–water partition coefficient (Wildman–Crippen LogP) is 1.26. The smallest absolute Gasteiger partial charge is 0.301 e. The quantitative estimate of drug-likeness (QED) is 0.720. The van der Waals surface area contributed by atoms with E-state index in [0.29, 0.717) is 18.2 Å². The Bertz CT molecular complexity index is 441. The van der Waals surface area contributed by atoms with E-state index in [1.807, 2.05) is 13.8 Å². The van der Waals surface area contributed by atoms with E-state index >= 15 is 0 Å². The zero-order valence-corrected chi connectivity index (χ0v) is 9.77. The van der Waals surface area contributed by atoms with Crippen molar-refractivity contribution in [2.45, 2.75) is 39.5 Å². The van der Waals surface area contributed by atoms with Crippen molar-refractivity contribution in [3.8, 4) is 6.01 Å². The van der Waals surface area contributed by atoms with Crippen LogP contribution in [0.25, 0.3) is 0 Å². The molecule has 0 fully saturated rings. The van der Waals surface area contributed by atoms with Crippen LogP contribution in [-0.4, -0.2) is 22.3 Å². The monoisotopic (exact) mass is 224 g/mol. The third-order valence-corrected chi connectivity index (χ3v) is 2.72. The van der Waals surface area contributed by atoms with Crippen molar-refractivity contribution in [2.24, 2.45) is 0 Å².